The molecule has 0 saturated heterocycles. The lowest BCUT2D eigenvalue weighted by Crippen LogP contribution is -2.18. The fourth-order valence-electron chi connectivity index (χ4n) is 3.62. The number of halogens is 1. The molecular weight excluding hydrogens is 388 g/mol. The molecular formula is C22H19ClN4O2. The summed E-state index contributed by atoms with van der Waals surface area (Å²) in [7, 11) is 1.74. The van der Waals surface area contributed by atoms with Crippen LogP contribution in [-0.2, 0) is 18.3 Å². The van der Waals surface area contributed by atoms with E-state index in [1.807, 2.05) is 25.1 Å². The third-order valence-electron chi connectivity index (χ3n) is 5.38. The highest BCUT2D eigenvalue weighted by Crippen LogP contribution is 2.38. The van der Waals surface area contributed by atoms with Gasteiger partial charge in [-0.25, -0.2) is 4.98 Å². The fourth-order valence-corrected chi connectivity index (χ4v) is 3.89. The summed E-state index contributed by atoms with van der Waals surface area (Å²) in [6.45, 7) is 2.04. The first kappa shape index (κ1) is 19.2. The van der Waals surface area contributed by atoms with Crippen molar-refractivity contribution in [2.45, 2.75) is 19.8 Å². The van der Waals surface area contributed by atoms with Crippen LogP contribution in [0.5, 0.6) is 0 Å². The third kappa shape index (κ3) is 3.50. The van der Waals surface area contributed by atoms with Crippen molar-refractivity contribution in [2.24, 2.45) is 18.9 Å². The van der Waals surface area contributed by atoms with Crippen LogP contribution in [0, 0.1) is 23.2 Å². The van der Waals surface area contributed by atoms with Crippen molar-refractivity contribution in [2.75, 3.05) is 5.32 Å². The molecule has 7 heteroatoms. The second-order valence-corrected chi connectivity index (χ2v) is 7.68. The second kappa shape index (κ2) is 7.34. The van der Waals surface area contributed by atoms with Crippen LogP contribution >= 0.6 is 11.6 Å². The highest BCUT2D eigenvalue weighted by atomic mass is 35.5. The number of hydrogen-bond donors (Lipinski definition) is 1. The quantitative estimate of drug-likeness (QED) is 0.711. The lowest BCUT2D eigenvalue weighted by Gasteiger charge is -2.15. The molecule has 1 fully saturated rings. The van der Waals surface area contributed by atoms with Gasteiger partial charge in [-0.1, -0.05) is 24.6 Å². The summed E-state index contributed by atoms with van der Waals surface area (Å²) in [4.78, 5) is 28.7. The van der Waals surface area contributed by atoms with Crippen LogP contribution in [0.1, 0.15) is 18.9 Å². The Labute approximate surface area is 172 Å². The molecule has 0 unspecified atom stereocenters. The monoisotopic (exact) mass is 406 g/mol. The number of aromatic nitrogens is 2. The first-order valence-electron chi connectivity index (χ1n) is 9.42. The van der Waals surface area contributed by atoms with Gasteiger partial charge in [0.05, 0.1) is 28.6 Å². The van der Waals surface area contributed by atoms with Crippen molar-refractivity contribution in [3.05, 3.63) is 57.5 Å². The Morgan fingerprint density at radius 1 is 1.38 bits per heavy atom. The number of amides is 1. The minimum atomic E-state index is -0.265. The highest BCUT2D eigenvalue weighted by Gasteiger charge is 2.43. The topological polar surface area (TPSA) is 87.8 Å². The Morgan fingerprint density at radius 3 is 2.86 bits per heavy atom. The van der Waals surface area contributed by atoms with E-state index in [1.54, 1.807) is 29.9 Å². The van der Waals surface area contributed by atoms with Gasteiger partial charge in [-0.05, 0) is 42.0 Å². The smallest absolute Gasteiger partial charge is 0.250 e. The van der Waals surface area contributed by atoms with Crippen molar-refractivity contribution in [3.8, 4) is 17.3 Å². The number of benzene rings is 1. The maximum atomic E-state index is 12.2. The largest absolute Gasteiger partial charge is 0.311 e. The number of carbonyl (C=O) groups is 1. The molecule has 0 bridgehead atoms. The van der Waals surface area contributed by atoms with Crippen LogP contribution in [0.15, 0.2) is 41.3 Å². The molecule has 1 aromatic carbocycles. The van der Waals surface area contributed by atoms with Gasteiger partial charge in [-0.2, -0.15) is 5.26 Å². The number of nitriles is 1. The van der Waals surface area contributed by atoms with Crippen molar-refractivity contribution in [1.29, 1.82) is 5.26 Å². The Hall–Kier alpha value is -3.17. The minimum absolute atomic E-state index is 0.0902. The van der Waals surface area contributed by atoms with Crippen LogP contribution in [0.3, 0.4) is 0 Å². The van der Waals surface area contributed by atoms with Gasteiger partial charge in [0.25, 0.3) is 5.56 Å². The number of nitrogens with one attached hydrogen (secondary N) is 1. The van der Waals surface area contributed by atoms with Crippen LogP contribution in [0.25, 0.3) is 22.0 Å². The zero-order valence-electron chi connectivity index (χ0n) is 16.1. The summed E-state index contributed by atoms with van der Waals surface area (Å²) in [5.41, 5.74) is 2.60. The van der Waals surface area contributed by atoms with Crippen molar-refractivity contribution >= 4 is 34.1 Å². The zero-order chi connectivity index (χ0) is 20.7. The normalized spacial score (nSPS) is 17.7. The standard InChI is InChI=1S/C22H19ClN4O2/c1-3-12-4-5-20(28)27(2)21(12)14-6-13-9-19(25-11-17(13)18(23)8-14)26-22(29)16-7-15(16)10-24/h4-6,8-9,11,15-16H,3,7H2,1-2H3,(H,25,26,29)/t15-,16+/m0/s1. The second-order valence-electron chi connectivity index (χ2n) is 7.27. The van der Waals surface area contributed by atoms with Crippen LogP contribution in [0.2, 0.25) is 5.02 Å². The van der Waals surface area contributed by atoms with Crippen LogP contribution in [0.4, 0.5) is 5.82 Å². The number of carbonyl (C=O) groups excluding carboxylic acids is 1. The van der Waals surface area contributed by atoms with E-state index in [0.717, 1.165) is 34.0 Å². The van der Waals surface area contributed by atoms with Gasteiger partial charge in [-0.15, -0.1) is 0 Å². The average molecular weight is 407 g/mol. The molecule has 4 rings (SSSR count). The van der Waals surface area contributed by atoms with Gasteiger partial charge >= 0.3 is 0 Å². The Kier molecular flexibility index (Phi) is 4.85. The number of pyridine rings is 2. The zero-order valence-corrected chi connectivity index (χ0v) is 16.8. The number of nitrogens with zero attached hydrogens (tertiary/aromatic N) is 3. The molecule has 0 radical (unpaired) electrons. The SMILES string of the molecule is CCc1ccc(=O)n(C)c1-c1cc(Cl)c2cnc(NC(=O)[C@@H]3C[C@H]3C#N)cc2c1. The maximum absolute atomic E-state index is 12.2. The molecule has 0 aliphatic heterocycles. The molecule has 0 spiro atoms. The lowest BCUT2D eigenvalue weighted by molar-refractivity contribution is -0.117. The van der Waals surface area contributed by atoms with E-state index >= 15 is 0 Å². The average Bonchev–Trinajstić information content (AvgIpc) is 3.49. The van der Waals surface area contributed by atoms with E-state index in [4.69, 9.17) is 16.9 Å². The number of anilines is 1. The molecule has 2 atom stereocenters. The van der Waals surface area contributed by atoms with Crippen LogP contribution in [-0.4, -0.2) is 15.5 Å². The van der Waals surface area contributed by atoms with E-state index in [-0.39, 0.29) is 23.3 Å². The predicted octanol–water partition coefficient (Wildman–Crippen LogP) is 3.91. The molecule has 1 aliphatic carbocycles. The number of hydrogen-bond acceptors (Lipinski definition) is 4. The number of aryl methyl sites for hydroxylation is 1. The van der Waals surface area contributed by atoms with E-state index < -0.39 is 0 Å². The molecule has 29 heavy (non-hydrogen) atoms. The van der Waals surface area contributed by atoms with E-state index in [0.29, 0.717) is 17.3 Å². The summed E-state index contributed by atoms with van der Waals surface area (Å²) >= 11 is 6.51. The Balaban J connectivity index is 1.77. The van der Waals surface area contributed by atoms with Crippen LogP contribution < -0.4 is 10.9 Å². The van der Waals surface area contributed by atoms with Gasteiger partial charge in [0.15, 0.2) is 0 Å². The third-order valence-corrected chi connectivity index (χ3v) is 5.70. The summed E-state index contributed by atoms with van der Waals surface area (Å²) in [5, 5.41) is 13.8. The highest BCUT2D eigenvalue weighted by molar-refractivity contribution is 6.36. The first-order chi connectivity index (χ1) is 13.9. The Bertz CT molecular complexity index is 1240. The molecule has 3 aromatic rings. The van der Waals surface area contributed by atoms with Gasteiger partial charge < -0.3 is 9.88 Å². The van der Waals surface area contributed by atoms with E-state index in [2.05, 4.69) is 16.4 Å². The molecule has 146 valence electrons. The molecule has 6 nitrogen and oxygen atoms in total. The molecule has 2 heterocycles. The number of fused-ring (bicyclic) bond motifs is 1. The summed E-state index contributed by atoms with van der Waals surface area (Å²) in [6, 6.07) is 11.1. The first-order valence-corrected chi connectivity index (χ1v) is 9.79. The van der Waals surface area contributed by atoms with Crippen molar-refractivity contribution in [1.82, 2.24) is 9.55 Å². The Morgan fingerprint density at radius 2 is 2.17 bits per heavy atom. The minimum Gasteiger partial charge on any atom is -0.311 e. The molecule has 1 aliphatic rings. The van der Waals surface area contributed by atoms with Crippen molar-refractivity contribution < 1.29 is 4.79 Å². The van der Waals surface area contributed by atoms with Gasteiger partial charge in [-0.3, -0.25) is 9.59 Å². The predicted molar refractivity (Wildman–Crippen MR) is 113 cm³/mol. The lowest BCUT2D eigenvalue weighted by atomic mass is 10.0. The summed E-state index contributed by atoms with van der Waals surface area (Å²) in [5.74, 6) is -0.247. The molecule has 1 saturated carbocycles. The summed E-state index contributed by atoms with van der Waals surface area (Å²) < 4.78 is 1.62. The number of rotatable bonds is 4. The maximum Gasteiger partial charge on any atom is 0.250 e. The molecule has 1 N–H and O–H groups in total. The van der Waals surface area contributed by atoms with Crippen molar-refractivity contribution in [3.63, 3.8) is 0 Å². The molecule has 1 amide bonds. The molecule has 2 aromatic heterocycles. The van der Waals surface area contributed by atoms with E-state index in [1.165, 1.54) is 0 Å². The van der Waals surface area contributed by atoms with Gasteiger partial charge in [0.2, 0.25) is 5.91 Å². The van der Waals surface area contributed by atoms with Gasteiger partial charge in [0.1, 0.15) is 5.82 Å². The van der Waals surface area contributed by atoms with E-state index in [9.17, 15) is 9.59 Å². The fraction of sp³-hybridized carbons (Fsp3) is 0.273. The summed E-state index contributed by atoms with van der Waals surface area (Å²) in [6.07, 6.45) is 2.99. The van der Waals surface area contributed by atoms with Gasteiger partial charge in [0, 0.05) is 30.3 Å².